The molecule has 0 aliphatic carbocycles. The second-order valence-corrected chi connectivity index (χ2v) is 7.17. The average molecular weight is 399 g/mol. The van der Waals surface area contributed by atoms with E-state index >= 15 is 0 Å². The van der Waals surface area contributed by atoms with Crippen LogP contribution >= 0.6 is 0 Å². The van der Waals surface area contributed by atoms with Crippen LogP contribution in [0.2, 0.25) is 0 Å². The average Bonchev–Trinajstić information content (AvgIpc) is 2.74. The van der Waals surface area contributed by atoms with Crippen LogP contribution in [0.4, 0.5) is 0 Å². The molecular weight excluding hydrogens is 382 g/mol. The van der Waals surface area contributed by atoms with Crippen LogP contribution in [0.1, 0.15) is 22.3 Å². The molecule has 4 N–H and O–H groups in total. The maximum atomic E-state index is 10.3. The number of phenols is 3. The maximum Gasteiger partial charge on any atom is 0.224 e. The van der Waals surface area contributed by atoms with Crippen LogP contribution in [-0.2, 0) is 5.41 Å². The van der Waals surface area contributed by atoms with Gasteiger partial charge in [0.2, 0.25) is 5.88 Å². The molecule has 0 saturated heterocycles. The van der Waals surface area contributed by atoms with E-state index in [-0.39, 0.29) is 23.0 Å². The van der Waals surface area contributed by atoms with Gasteiger partial charge in [-0.3, -0.25) is 0 Å². The third kappa shape index (κ3) is 2.54. The van der Waals surface area contributed by atoms with Crippen LogP contribution in [0.3, 0.4) is 0 Å². The minimum absolute atomic E-state index is 0.0390. The van der Waals surface area contributed by atoms with Crippen molar-refractivity contribution in [2.75, 3.05) is 0 Å². The van der Waals surface area contributed by atoms with E-state index in [1.807, 2.05) is 0 Å². The number of nitrogens with zero attached hydrogens (tertiary/aromatic N) is 1. The van der Waals surface area contributed by atoms with Gasteiger partial charge in [0.15, 0.2) is 0 Å². The zero-order valence-electron chi connectivity index (χ0n) is 15.6. The van der Waals surface area contributed by atoms with Gasteiger partial charge in [-0.2, -0.15) is 0 Å². The highest BCUT2D eigenvalue weighted by atomic mass is 16.5. The number of hydrogen-bond acceptors (Lipinski definition) is 6. The summed E-state index contributed by atoms with van der Waals surface area (Å²) < 4.78 is 6.00. The lowest BCUT2D eigenvalue weighted by Crippen LogP contribution is -2.34. The van der Waals surface area contributed by atoms with Crippen LogP contribution in [-0.4, -0.2) is 25.4 Å². The summed E-state index contributed by atoms with van der Waals surface area (Å²) in [5, 5.41) is 40.3. The predicted octanol–water partition coefficient (Wildman–Crippen LogP) is 4.39. The Kier molecular flexibility index (Phi) is 3.83. The normalized spacial score (nSPS) is 13.7. The van der Waals surface area contributed by atoms with Crippen molar-refractivity contribution in [3.05, 3.63) is 101 Å². The zero-order valence-corrected chi connectivity index (χ0v) is 15.6. The molecule has 0 amide bonds. The molecule has 4 aromatic rings. The molecule has 0 saturated carbocycles. The molecule has 148 valence electrons. The van der Waals surface area contributed by atoms with E-state index in [0.29, 0.717) is 22.8 Å². The molecule has 0 bridgehead atoms. The molecule has 1 aromatic heterocycles. The minimum atomic E-state index is -1.03. The summed E-state index contributed by atoms with van der Waals surface area (Å²) in [7, 11) is 0. The highest BCUT2D eigenvalue weighted by molar-refractivity contribution is 5.69. The number of ether oxygens (including phenoxy) is 1. The van der Waals surface area contributed by atoms with Gasteiger partial charge in [0, 0.05) is 11.1 Å². The summed E-state index contributed by atoms with van der Waals surface area (Å²) in [5.74, 6) is 1.04. The van der Waals surface area contributed by atoms with E-state index in [2.05, 4.69) is 4.98 Å². The number of rotatable bonds is 2. The number of pyridine rings is 1. The van der Waals surface area contributed by atoms with E-state index in [9.17, 15) is 20.4 Å². The van der Waals surface area contributed by atoms with Gasteiger partial charge in [0.25, 0.3) is 0 Å². The Balaban J connectivity index is 1.97. The predicted molar refractivity (Wildman–Crippen MR) is 109 cm³/mol. The quantitative estimate of drug-likeness (QED) is 0.351. The molecule has 0 fully saturated rings. The van der Waals surface area contributed by atoms with Crippen molar-refractivity contribution in [2.24, 2.45) is 0 Å². The Morgan fingerprint density at radius 1 is 0.600 bits per heavy atom. The minimum Gasteiger partial charge on any atom is -0.508 e. The molecule has 6 nitrogen and oxygen atoms in total. The van der Waals surface area contributed by atoms with E-state index < -0.39 is 5.41 Å². The number of hydrogen-bond donors (Lipinski definition) is 4. The Hall–Kier alpha value is -4.19. The lowest BCUT2D eigenvalue weighted by molar-refractivity contribution is 0.403. The topological polar surface area (TPSA) is 103 Å². The molecule has 3 aromatic carbocycles. The standard InChI is InChI=1S/C24H17NO5/c26-16-5-1-14(2-6-16)24(15-3-7-17(27)8-4-15)20-11-18(28)9-10-22(20)30-23-21(24)12-19(29)13-25-23/h1-13,26-29H. The van der Waals surface area contributed by atoms with Crippen molar-refractivity contribution in [1.29, 1.82) is 0 Å². The van der Waals surface area contributed by atoms with Crippen LogP contribution in [0.5, 0.6) is 34.6 Å². The third-order valence-electron chi connectivity index (χ3n) is 5.42. The monoisotopic (exact) mass is 399 g/mol. The molecule has 1 aliphatic heterocycles. The van der Waals surface area contributed by atoms with Crippen LogP contribution in [0.15, 0.2) is 79.0 Å². The van der Waals surface area contributed by atoms with Crippen LogP contribution in [0.25, 0.3) is 0 Å². The largest absolute Gasteiger partial charge is 0.508 e. The first-order chi connectivity index (χ1) is 14.5. The van der Waals surface area contributed by atoms with Crippen molar-refractivity contribution < 1.29 is 25.2 Å². The van der Waals surface area contributed by atoms with Gasteiger partial charge >= 0.3 is 0 Å². The molecule has 0 unspecified atom stereocenters. The molecule has 2 heterocycles. The lowest BCUT2D eigenvalue weighted by atomic mass is 9.64. The third-order valence-corrected chi connectivity index (χ3v) is 5.42. The van der Waals surface area contributed by atoms with E-state index in [0.717, 1.165) is 11.1 Å². The van der Waals surface area contributed by atoms with Gasteiger partial charge in [0.1, 0.15) is 28.7 Å². The fourth-order valence-electron chi connectivity index (χ4n) is 4.15. The molecular formula is C24H17NO5. The maximum absolute atomic E-state index is 10.3. The van der Waals surface area contributed by atoms with Crippen LogP contribution in [0, 0.1) is 0 Å². The molecule has 0 atom stereocenters. The lowest BCUT2D eigenvalue weighted by Gasteiger charge is -2.40. The first-order valence-corrected chi connectivity index (χ1v) is 9.28. The van der Waals surface area contributed by atoms with E-state index in [1.54, 1.807) is 66.7 Å². The van der Waals surface area contributed by atoms with Gasteiger partial charge in [-0.25, -0.2) is 4.98 Å². The first kappa shape index (κ1) is 17.9. The summed E-state index contributed by atoms with van der Waals surface area (Å²) >= 11 is 0. The molecule has 0 radical (unpaired) electrons. The summed E-state index contributed by atoms with van der Waals surface area (Å²) in [6, 6.07) is 19.8. The summed E-state index contributed by atoms with van der Waals surface area (Å²) in [4.78, 5) is 4.29. The number of aromatic nitrogens is 1. The molecule has 30 heavy (non-hydrogen) atoms. The number of benzene rings is 3. The van der Waals surface area contributed by atoms with E-state index in [1.165, 1.54) is 12.3 Å². The van der Waals surface area contributed by atoms with Crippen molar-refractivity contribution in [1.82, 2.24) is 4.98 Å². The van der Waals surface area contributed by atoms with Crippen LogP contribution < -0.4 is 4.74 Å². The van der Waals surface area contributed by atoms with Gasteiger partial charge in [-0.1, -0.05) is 24.3 Å². The highest BCUT2D eigenvalue weighted by Gasteiger charge is 2.46. The van der Waals surface area contributed by atoms with Crippen molar-refractivity contribution in [3.63, 3.8) is 0 Å². The van der Waals surface area contributed by atoms with E-state index in [4.69, 9.17) is 4.74 Å². The zero-order chi connectivity index (χ0) is 20.9. The molecule has 1 aliphatic rings. The Morgan fingerprint density at radius 3 is 1.73 bits per heavy atom. The smallest absolute Gasteiger partial charge is 0.224 e. The second-order valence-electron chi connectivity index (χ2n) is 7.17. The number of aromatic hydroxyl groups is 4. The summed E-state index contributed by atoms with van der Waals surface area (Å²) in [6.45, 7) is 0. The van der Waals surface area contributed by atoms with Crippen molar-refractivity contribution in [2.45, 2.75) is 5.41 Å². The highest BCUT2D eigenvalue weighted by Crippen LogP contribution is 2.56. The second kappa shape index (κ2) is 6.42. The molecule has 6 heteroatoms. The fourth-order valence-corrected chi connectivity index (χ4v) is 4.15. The number of fused-ring (bicyclic) bond motifs is 2. The Morgan fingerprint density at radius 2 is 1.13 bits per heavy atom. The summed E-state index contributed by atoms with van der Waals surface area (Å²) in [5.41, 5.74) is 1.69. The first-order valence-electron chi connectivity index (χ1n) is 9.28. The fraction of sp³-hybridized carbons (Fsp3) is 0.0417. The molecule has 5 rings (SSSR count). The van der Waals surface area contributed by atoms with Gasteiger partial charge in [0.05, 0.1) is 11.6 Å². The molecule has 0 spiro atoms. The van der Waals surface area contributed by atoms with Gasteiger partial charge < -0.3 is 25.2 Å². The summed E-state index contributed by atoms with van der Waals surface area (Å²) in [6.07, 6.45) is 1.31. The van der Waals surface area contributed by atoms with Gasteiger partial charge in [-0.15, -0.1) is 0 Å². The van der Waals surface area contributed by atoms with Crippen molar-refractivity contribution >= 4 is 0 Å². The Bertz CT molecular complexity index is 1150. The number of phenolic OH excluding ortho intramolecular Hbond substituents is 3. The Labute approximate surface area is 171 Å². The SMILES string of the molecule is Oc1ccc(C2(c3ccc(O)cc3)c3cc(O)ccc3Oc3ncc(O)cc32)cc1. The van der Waals surface area contributed by atoms with Gasteiger partial charge in [-0.05, 0) is 59.7 Å². The van der Waals surface area contributed by atoms with Crippen molar-refractivity contribution in [3.8, 4) is 34.6 Å².